The van der Waals surface area contributed by atoms with Gasteiger partial charge in [0.05, 0.1) is 6.54 Å². The molecule has 0 radical (unpaired) electrons. The summed E-state index contributed by atoms with van der Waals surface area (Å²) in [5, 5.41) is 18.1. The molecule has 0 bridgehead atoms. The zero-order chi connectivity index (χ0) is 18.9. The molecule has 0 aliphatic rings. The summed E-state index contributed by atoms with van der Waals surface area (Å²) in [6, 6.07) is 20.3. The number of aromatic nitrogens is 3. The summed E-state index contributed by atoms with van der Waals surface area (Å²) in [6.07, 6.45) is 5.08. The van der Waals surface area contributed by atoms with E-state index in [4.69, 9.17) is 15.3 Å². The maximum absolute atomic E-state index is 10.5. The van der Waals surface area contributed by atoms with E-state index in [0.29, 0.717) is 0 Å². The van der Waals surface area contributed by atoms with Crippen LogP contribution in [0.2, 0.25) is 0 Å². The Morgan fingerprint density at radius 3 is 1.74 bits per heavy atom. The predicted molar refractivity (Wildman–Crippen MR) is 106 cm³/mol. The van der Waals surface area contributed by atoms with E-state index in [0.717, 1.165) is 61.2 Å². The molecule has 0 atom stereocenters. The maximum atomic E-state index is 10.5. The van der Waals surface area contributed by atoms with Crippen LogP contribution in [-0.2, 0) is 11.3 Å². The number of unbranched alkanes of at least 4 members (excludes halogenated alkanes) is 4. The van der Waals surface area contributed by atoms with E-state index in [1.165, 1.54) is 0 Å². The summed E-state index contributed by atoms with van der Waals surface area (Å²) in [5.41, 5.74) is 3.94. The molecule has 1 aromatic heterocycles. The van der Waals surface area contributed by atoms with E-state index in [2.05, 4.69) is 24.3 Å². The first-order valence-corrected chi connectivity index (χ1v) is 9.52. The van der Waals surface area contributed by atoms with Crippen LogP contribution in [0.1, 0.15) is 38.5 Å². The lowest BCUT2D eigenvalue weighted by molar-refractivity contribution is -0.137. The first kappa shape index (κ1) is 18.8. The lowest BCUT2D eigenvalue weighted by atomic mass is 10.1. The molecular formula is C22H25N3O2. The molecule has 2 aromatic carbocycles. The van der Waals surface area contributed by atoms with Gasteiger partial charge in [0.2, 0.25) is 0 Å². The van der Waals surface area contributed by atoms with Crippen LogP contribution >= 0.6 is 0 Å². The molecule has 27 heavy (non-hydrogen) atoms. The number of carboxylic acids is 1. The third kappa shape index (κ3) is 5.51. The minimum atomic E-state index is -0.711. The number of aryl methyl sites for hydroxylation is 1. The molecule has 0 amide bonds. The fraction of sp³-hybridized carbons (Fsp3) is 0.318. The van der Waals surface area contributed by atoms with Crippen molar-refractivity contribution in [3.05, 3.63) is 60.7 Å². The number of carbonyl (C=O) groups is 1. The van der Waals surface area contributed by atoms with Gasteiger partial charge in [-0.25, -0.2) is 0 Å². The number of hydrogen-bond acceptors (Lipinski definition) is 3. The van der Waals surface area contributed by atoms with E-state index in [9.17, 15) is 4.79 Å². The highest BCUT2D eigenvalue weighted by molar-refractivity contribution is 5.77. The van der Waals surface area contributed by atoms with Gasteiger partial charge >= 0.3 is 5.97 Å². The maximum Gasteiger partial charge on any atom is 0.303 e. The van der Waals surface area contributed by atoms with Crippen LogP contribution in [0.15, 0.2) is 60.7 Å². The molecule has 0 saturated carbocycles. The van der Waals surface area contributed by atoms with Gasteiger partial charge in [0, 0.05) is 17.5 Å². The standard InChI is InChI=1S/C22H25N3O2/c26-20(27)16-10-2-1-3-11-17-25-23-21(18-12-6-4-7-13-18)22(24-25)19-14-8-5-9-15-19/h4-9,12-15H,1-3,10-11,16-17H2,(H,26,27). The number of hydrogen-bond donors (Lipinski definition) is 1. The Kier molecular flexibility index (Phi) is 6.74. The molecule has 0 saturated heterocycles. The zero-order valence-corrected chi connectivity index (χ0v) is 15.4. The molecule has 0 aliphatic heterocycles. The fourth-order valence-corrected chi connectivity index (χ4v) is 3.09. The molecule has 0 spiro atoms. The van der Waals surface area contributed by atoms with Gasteiger partial charge in [-0.05, 0) is 12.8 Å². The van der Waals surface area contributed by atoms with Crippen molar-refractivity contribution in [3.8, 4) is 22.5 Å². The van der Waals surface area contributed by atoms with Crippen LogP contribution in [0.3, 0.4) is 0 Å². The van der Waals surface area contributed by atoms with Gasteiger partial charge < -0.3 is 5.11 Å². The molecule has 5 nitrogen and oxygen atoms in total. The average molecular weight is 363 g/mol. The smallest absolute Gasteiger partial charge is 0.303 e. The van der Waals surface area contributed by atoms with Gasteiger partial charge in [0.25, 0.3) is 0 Å². The third-order valence-electron chi connectivity index (χ3n) is 4.50. The number of carboxylic acid groups (broad SMARTS) is 1. The molecule has 5 heteroatoms. The van der Waals surface area contributed by atoms with Gasteiger partial charge in [0.1, 0.15) is 11.4 Å². The second-order valence-corrected chi connectivity index (χ2v) is 6.64. The Hall–Kier alpha value is -2.95. The van der Waals surface area contributed by atoms with Crippen molar-refractivity contribution < 1.29 is 9.90 Å². The van der Waals surface area contributed by atoms with Crippen molar-refractivity contribution in [1.82, 2.24) is 15.0 Å². The monoisotopic (exact) mass is 363 g/mol. The average Bonchev–Trinajstić information content (AvgIpc) is 3.13. The summed E-state index contributed by atoms with van der Waals surface area (Å²) in [6.45, 7) is 0.769. The van der Waals surface area contributed by atoms with Crippen LogP contribution in [0.5, 0.6) is 0 Å². The van der Waals surface area contributed by atoms with Crippen molar-refractivity contribution in [2.75, 3.05) is 0 Å². The fourth-order valence-electron chi connectivity index (χ4n) is 3.09. The van der Waals surface area contributed by atoms with Crippen LogP contribution < -0.4 is 0 Å². The van der Waals surface area contributed by atoms with Gasteiger partial charge in [-0.15, -0.1) is 0 Å². The SMILES string of the molecule is O=C(O)CCCCCCCn1nc(-c2ccccc2)c(-c2ccccc2)n1. The molecule has 0 unspecified atom stereocenters. The Balaban J connectivity index is 1.65. The van der Waals surface area contributed by atoms with Crippen molar-refractivity contribution in [3.63, 3.8) is 0 Å². The van der Waals surface area contributed by atoms with Gasteiger partial charge in [-0.3, -0.25) is 4.79 Å². The first-order chi connectivity index (χ1) is 13.2. The van der Waals surface area contributed by atoms with E-state index in [1.807, 2.05) is 36.4 Å². The number of aliphatic carboxylic acids is 1. The summed E-state index contributed by atoms with van der Waals surface area (Å²) < 4.78 is 0. The second kappa shape index (κ2) is 9.67. The number of rotatable bonds is 10. The summed E-state index contributed by atoms with van der Waals surface area (Å²) >= 11 is 0. The van der Waals surface area contributed by atoms with Gasteiger partial charge in [-0.2, -0.15) is 15.0 Å². The van der Waals surface area contributed by atoms with E-state index >= 15 is 0 Å². The highest BCUT2D eigenvalue weighted by atomic mass is 16.4. The predicted octanol–water partition coefficient (Wildman–Crippen LogP) is 5.04. The molecule has 0 fully saturated rings. The summed E-state index contributed by atoms with van der Waals surface area (Å²) in [5.74, 6) is -0.711. The van der Waals surface area contributed by atoms with Crippen molar-refractivity contribution in [2.45, 2.75) is 45.1 Å². The largest absolute Gasteiger partial charge is 0.481 e. The third-order valence-corrected chi connectivity index (χ3v) is 4.50. The van der Waals surface area contributed by atoms with Crippen molar-refractivity contribution in [2.24, 2.45) is 0 Å². The quantitative estimate of drug-likeness (QED) is 0.513. The van der Waals surface area contributed by atoms with Crippen molar-refractivity contribution >= 4 is 5.97 Å². The molecule has 0 aliphatic carbocycles. The normalized spacial score (nSPS) is 10.8. The molecule has 1 heterocycles. The number of nitrogens with zero attached hydrogens (tertiary/aromatic N) is 3. The minimum Gasteiger partial charge on any atom is -0.481 e. The van der Waals surface area contributed by atoms with Crippen LogP contribution in [0.25, 0.3) is 22.5 Å². The zero-order valence-electron chi connectivity index (χ0n) is 15.4. The van der Waals surface area contributed by atoms with Gasteiger partial charge in [0.15, 0.2) is 0 Å². The van der Waals surface area contributed by atoms with Crippen molar-refractivity contribution in [1.29, 1.82) is 0 Å². The van der Waals surface area contributed by atoms with E-state index < -0.39 is 5.97 Å². The lowest BCUT2D eigenvalue weighted by Gasteiger charge is -2.01. The Morgan fingerprint density at radius 1 is 0.741 bits per heavy atom. The van der Waals surface area contributed by atoms with Crippen LogP contribution in [0, 0.1) is 0 Å². The molecule has 3 rings (SSSR count). The Labute approximate surface area is 159 Å². The molecule has 3 aromatic rings. The van der Waals surface area contributed by atoms with Gasteiger partial charge in [-0.1, -0.05) is 79.9 Å². The molecule has 140 valence electrons. The highest BCUT2D eigenvalue weighted by Gasteiger charge is 2.14. The molecule has 1 N–H and O–H groups in total. The highest BCUT2D eigenvalue weighted by Crippen LogP contribution is 2.28. The van der Waals surface area contributed by atoms with E-state index in [-0.39, 0.29) is 6.42 Å². The topological polar surface area (TPSA) is 68.0 Å². The Morgan fingerprint density at radius 2 is 1.22 bits per heavy atom. The summed E-state index contributed by atoms with van der Waals surface area (Å²) in [4.78, 5) is 12.3. The van der Waals surface area contributed by atoms with Crippen LogP contribution in [-0.4, -0.2) is 26.1 Å². The first-order valence-electron chi connectivity index (χ1n) is 9.52. The number of benzene rings is 2. The lowest BCUT2D eigenvalue weighted by Crippen LogP contribution is -2.02. The Bertz CT molecular complexity index is 788. The summed E-state index contributed by atoms with van der Waals surface area (Å²) in [7, 11) is 0. The van der Waals surface area contributed by atoms with Crippen LogP contribution in [0.4, 0.5) is 0 Å². The minimum absolute atomic E-state index is 0.265. The van der Waals surface area contributed by atoms with E-state index in [1.54, 1.807) is 4.80 Å². The second-order valence-electron chi connectivity index (χ2n) is 6.64. The molecular weight excluding hydrogens is 338 g/mol.